The van der Waals surface area contributed by atoms with Gasteiger partial charge in [0.05, 0.1) is 18.2 Å². The molecule has 0 bridgehead atoms. The van der Waals surface area contributed by atoms with Crippen LogP contribution in [0.25, 0.3) is 5.65 Å². The van der Waals surface area contributed by atoms with Crippen LogP contribution in [-0.2, 0) is 17.6 Å². The average Bonchev–Trinajstić information content (AvgIpc) is 3.09. The van der Waals surface area contributed by atoms with E-state index < -0.39 is 0 Å². The van der Waals surface area contributed by atoms with Crippen molar-refractivity contribution >= 4 is 11.6 Å². The minimum Gasteiger partial charge on any atom is -0.466 e. The number of furan rings is 1. The van der Waals surface area contributed by atoms with Gasteiger partial charge in [-0.3, -0.25) is 4.79 Å². The number of hydrogen-bond donors (Lipinski definition) is 1. The summed E-state index contributed by atoms with van der Waals surface area (Å²) in [5.74, 6) is 1.91. The van der Waals surface area contributed by atoms with E-state index in [1.54, 1.807) is 0 Å². The Bertz CT molecular complexity index is 980. The van der Waals surface area contributed by atoms with E-state index in [4.69, 9.17) is 4.42 Å². The van der Waals surface area contributed by atoms with Crippen LogP contribution in [0.4, 0.5) is 0 Å². The minimum atomic E-state index is -0.00234. The zero-order chi connectivity index (χ0) is 18.5. The summed E-state index contributed by atoms with van der Waals surface area (Å²) in [5.41, 5.74) is 4.03. The van der Waals surface area contributed by atoms with Crippen molar-refractivity contribution in [2.45, 2.75) is 53.0 Å². The quantitative estimate of drug-likeness (QED) is 0.778. The molecule has 1 atom stereocenters. The fraction of sp³-hybridized carbons (Fsp3) is 0.429. The van der Waals surface area contributed by atoms with Gasteiger partial charge in [0.25, 0.3) is 0 Å². The molecule has 0 saturated carbocycles. The molecule has 136 valence electrons. The van der Waals surface area contributed by atoms with Gasteiger partial charge in [-0.2, -0.15) is 0 Å². The van der Waals surface area contributed by atoms with Crippen LogP contribution in [0, 0.1) is 19.3 Å². The lowest BCUT2D eigenvalue weighted by Crippen LogP contribution is -2.36. The van der Waals surface area contributed by atoms with Gasteiger partial charge < -0.3 is 14.1 Å². The lowest BCUT2D eigenvalue weighted by Gasteiger charge is -2.34. The lowest BCUT2D eigenvalue weighted by molar-refractivity contribution is -0.121. The van der Waals surface area contributed by atoms with Crippen LogP contribution in [0.5, 0.6) is 0 Å². The number of fused-ring (bicyclic) bond motifs is 2. The predicted molar refractivity (Wildman–Crippen MR) is 100 cm³/mol. The van der Waals surface area contributed by atoms with Crippen LogP contribution < -0.4 is 5.32 Å². The fourth-order valence-electron chi connectivity index (χ4n) is 4.01. The van der Waals surface area contributed by atoms with Crippen LogP contribution in [-0.4, -0.2) is 15.3 Å². The molecular weight excluding hydrogens is 326 g/mol. The Kier molecular flexibility index (Phi) is 3.90. The number of aromatic nitrogens is 2. The highest BCUT2D eigenvalue weighted by atomic mass is 16.3. The van der Waals surface area contributed by atoms with Crippen molar-refractivity contribution in [2.75, 3.05) is 0 Å². The Hall–Kier alpha value is -2.56. The molecule has 3 heterocycles. The van der Waals surface area contributed by atoms with Crippen LogP contribution in [0.1, 0.15) is 54.7 Å². The molecule has 0 unspecified atom stereocenters. The highest BCUT2D eigenvalue weighted by molar-refractivity contribution is 5.79. The summed E-state index contributed by atoms with van der Waals surface area (Å²) >= 11 is 0. The highest BCUT2D eigenvalue weighted by Crippen LogP contribution is 2.42. The Balaban J connectivity index is 1.53. The molecule has 0 aromatic carbocycles. The second kappa shape index (κ2) is 6.01. The Morgan fingerprint density at radius 1 is 1.42 bits per heavy atom. The summed E-state index contributed by atoms with van der Waals surface area (Å²) in [4.78, 5) is 17.3. The molecule has 3 aromatic heterocycles. The molecule has 0 spiro atoms. The van der Waals surface area contributed by atoms with Gasteiger partial charge in [0, 0.05) is 24.4 Å². The number of pyridine rings is 1. The number of nitrogens with one attached hydrogen (secondary N) is 1. The maximum absolute atomic E-state index is 12.7. The Morgan fingerprint density at radius 3 is 3.00 bits per heavy atom. The van der Waals surface area contributed by atoms with Gasteiger partial charge in [0.15, 0.2) is 0 Å². The fourth-order valence-corrected chi connectivity index (χ4v) is 4.01. The molecule has 1 N–H and O–H groups in total. The van der Waals surface area contributed by atoms with Crippen molar-refractivity contribution in [3.63, 3.8) is 0 Å². The molecule has 1 aliphatic rings. The largest absolute Gasteiger partial charge is 0.466 e. The average molecular weight is 351 g/mol. The van der Waals surface area contributed by atoms with Crippen molar-refractivity contribution in [3.8, 4) is 0 Å². The van der Waals surface area contributed by atoms with E-state index >= 15 is 0 Å². The first-order valence-electron chi connectivity index (χ1n) is 9.12. The molecular formula is C21H25N3O2. The molecule has 5 nitrogen and oxygen atoms in total. The van der Waals surface area contributed by atoms with Crippen LogP contribution >= 0.6 is 0 Å². The smallest absolute Gasteiger partial charge is 0.226 e. The maximum atomic E-state index is 12.7. The molecule has 3 aromatic rings. The van der Waals surface area contributed by atoms with Gasteiger partial charge in [-0.25, -0.2) is 4.98 Å². The van der Waals surface area contributed by atoms with Gasteiger partial charge in [0.1, 0.15) is 17.2 Å². The van der Waals surface area contributed by atoms with E-state index in [0.717, 1.165) is 46.8 Å². The van der Waals surface area contributed by atoms with E-state index in [1.807, 2.05) is 42.8 Å². The van der Waals surface area contributed by atoms with Crippen molar-refractivity contribution in [2.24, 2.45) is 5.41 Å². The van der Waals surface area contributed by atoms with Crippen LogP contribution in [0.3, 0.4) is 0 Å². The van der Waals surface area contributed by atoms with Crippen LogP contribution in [0.15, 0.2) is 35.0 Å². The van der Waals surface area contributed by atoms with Gasteiger partial charge >= 0.3 is 0 Å². The molecule has 4 rings (SSSR count). The first-order valence-corrected chi connectivity index (χ1v) is 9.12. The molecule has 0 fully saturated rings. The second-order valence-corrected chi connectivity index (χ2v) is 8.23. The number of carbonyl (C=O) groups is 1. The molecule has 0 aliphatic heterocycles. The van der Waals surface area contributed by atoms with Gasteiger partial charge in [-0.05, 0) is 43.4 Å². The normalized spacial score (nSPS) is 18.7. The Morgan fingerprint density at radius 2 is 2.23 bits per heavy atom. The standard InChI is InChI=1S/C21H25N3O2/c1-13-6-5-7-24-12-15(22-20(13)24)9-19(25)23-17-10-21(3,4)11-18-16(17)8-14(2)26-18/h5-8,12,17H,9-11H2,1-4H3,(H,23,25)/t17-/m0/s1. The third-order valence-electron chi connectivity index (χ3n) is 5.14. The molecule has 26 heavy (non-hydrogen) atoms. The first kappa shape index (κ1) is 16.9. The zero-order valence-corrected chi connectivity index (χ0v) is 15.8. The SMILES string of the molecule is Cc1cc2c(o1)CC(C)(C)C[C@@H]2NC(=O)Cc1cn2cccc(C)c2n1. The van der Waals surface area contributed by atoms with Crippen molar-refractivity contribution in [3.05, 3.63) is 58.9 Å². The monoisotopic (exact) mass is 351 g/mol. The third kappa shape index (κ3) is 3.14. The van der Waals surface area contributed by atoms with E-state index in [9.17, 15) is 4.79 Å². The number of nitrogens with zero attached hydrogens (tertiary/aromatic N) is 2. The van der Waals surface area contributed by atoms with E-state index in [0.29, 0.717) is 0 Å². The molecule has 0 saturated heterocycles. The number of aryl methyl sites for hydroxylation is 2. The second-order valence-electron chi connectivity index (χ2n) is 8.23. The van der Waals surface area contributed by atoms with Gasteiger partial charge in [-0.1, -0.05) is 19.9 Å². The van der Waals surface area contributed by atoms with Gasteiger partial charge in [-0.15, -0.1) is 0 Å². The zero-order valence-electron chi connectivity index (χ0n) is 15.8. The lowest BCUT2D eigenvalue weighted by atomic mass is 9.74. The summed E-state index contributed by atoms with van der Waals surface area (Å²) in [6.07, 6.45) is 5.99. The molecule has 1 amide bonds. The number of imidazole rings is 1. The molecule has 5 heteroatoms. The van der Waals surface area contributed by atoms with Crippen molar-refractivity contribution in [1.29, 1.82) is 0 Å². The summed E-state index contributed by atoms with van der Waals surface area (Å²) in [6, 6.07) is 6.07. The summed E-state index contributed by atoms with van der Waals surface area (Å²) in [6.45, 7) is 8.43. The minimum absolute atomic E-state index is 0.00133. The molecule has 1 aliphatic carbocycles. The van der Waals surface area contributed by atoms with Crippen molar-refractivity contribution < 1.29 is 9.21 Å². The number of hydrogen-bond acceptors (Lipinski definition) is 3. The maximum Gasteiger partial charge on any atom is 0.226 e. The first-order chi connectivity index (χ1) is 12.3. The van der Waals surface area contributed by atoms with Crippen molar-refractivity contribution in [1.82, 2.24) is 14.7 Å². The van der Waals surface area contributed by atoms with Crippen LogP contribution in [0.2, 0.25) is 0 Å². The van der Waals surface area contributed by atoms with Gasteiger partial charge in [0.2, 0.25) is 5.91 Å². The topological polar surface area (TPSA) is 59.5 Å². The van der Waals surface area contributed by atoms with E-state index in [-0.39, 0.29) is 23.8 Å². The highest BCUT2D eigenvalue weighted by Gasteiger charge is 2.35. The number of carbonyl (C=O) groups excluding carboxylic acids is 1. The summed E-state index contributed by atoms with van der Waals surface area (Å²) in [7, 11) is 0. The Labute approximate surface area is 153 Å². The predicted octanol–water partition coefficient (Wildman–Crippen LogP) is 3.92. The summed E-state index contributed by atoms with van der Waals surface area (Å²) < 4.78 is 7.83. The third-order valence-corrected chi connectivity index (χ3v) is 5.14. The van der Waals surface area contributed by atoms with E-state index in [2.05, 4.69) is 30.2 Å². The molecule has 0 radical (unpaired) electrons. The number of amides is 1. The summed E-state index contributed by atoms with van der Waals surface area (Å²) in [5, 5.41) is 3.20. The number of rotatable bonds is 3. The van der Waals surface area contributed by atoms with E-state index in [1.165, 1.54) is 0 Å².